The predicted octanol–water partition coefficient (Wildman–Crippen LogP) is 2.32. The summed E-state index contributed by atoms with van der Waals surface area (Å²) in [5.74, 6) is 0.814. The highest BCUT2D eigenvalue weighted by Gasteiger charge is 2.10. The molecule has 19 heavy (non-hydrogen) atoms. The van der Waals surface area contributed by atoms with E-state index in [9.17, 15) is 0 Å². The topological polar surface area (TPSA) is 84.8 Å². The molecule has 0 spiro atoms. The zero-order valence-electron chi connectivity index (χ0n) is 10.8. The Morgan fingerprint density at radius 2 is 2.32 bits per heavy atom. The van der Waals surface area contributed by atoms with Gasteiger partial charge in [0.05, 0.1) is 11.7 Å². The Morgan fingerprint density at radius 3 is 2.95 bits per heavy atom. The number of rotatable bonds is 5. The lowest BCUT2D eigenvalue weighted by Gasteiger charge is -2.06. The van der Waals surface area contributed by atoms with Crippen molar-refractivity contribution < 1.29 is 9.26 Å². The summed E-state index contributed by atoms with van der Waals surface area (Å²) in [6.45, 7) is 4.32. The molecule has 0 unspecified atom stereocenters. The van der Waals surface area contributed by atoms with Gasteiger partial charge in [-0.2, -0.15) is 10.2 Å². The molecule has 0 fully saturated rings. The quantitative estimate of drug-likeness (QED) is 0.818. The van der Waals surface area contributed by atoms with Crippen LogP contribution in [-0.2, 0) is 11.3 Å². The fourth-order valence-electron chi connectivity index (χ4n) is 1.34. The number of aromatic nitrogens is 3. The molecular weight excluding hydrogens is 244 g/mol. The minimum atomic E-state index is 0.156. The van der Waals surface area contributed by atoms with Crippen molar-refractivity contribution in [2.24, 2.45) is 0 Å². The molecule has 0 radical (unpaired) electrons. The van der Waals surface area contributed by atoms with Crippen molar-refractivity contribution in [1.29, 1.82) is 5.26 Å². The van der Waals surface area contributed by atoms with Gasteiger partial charge in [-0.3, -0.25) is 4.98 Å². The molecule has 6 nitrogen and oxygen atoms in total. The first kappa shape index (κ1) is 13.2. The van der Waals surface area contributed by atoms with E-state index in [-0.39, 0.29) is 12.7 Å². The number of hydrogen-bond acceptors (Lipinski definition) is 6. The highest BCUT2D eigenvalue weighted by molar-refractivity contribution is 5.49. The summed E-state index contributed by atoms with van der Waals surface area (Å²) in [5, 5.41) is 12.5. The normalized spacial score (nSPS) is 12.1. The highest BCUT2D eigenvalue weighted by Crippen LogP contribution is 2.14. The largest absolute Gasteiger partial charge is 0.369 e. The van der Waals surface area contributed by atoms with Crippen LogP contribution in [0.2, 0.25) is 0 Å². The van der Waals surface area contributed by atoms with Crippen LogP contribution < -0.4 is 0 Å². The Kier molecular flexibility index (Phi) is 4.21. The second kappa shape index (κ2) is 6.07. The van der Waals surface area contributed by atoms with Gasteiger partial charge in [-0.25, -0.2) is 0 Å². The molecule has 98 valence electrons. The average Bonchev–Trinajstić information content (AvgIpc) is 2.93. The van der Waals surface area contributed by atoms with Crippen LogP contribution in [0, 0.1) is 11.3 Å². The van der Waals surface area contributed by atoms with Crippen molar-refractivity contribution >= 4 is 0 Å². The Labute approximate surface area is 111 Å². The van der Waals surface area contributed by atoms with Gasteiger partial charge >= 0.3 is 0 Å². The fourth-order valence-corrected chi connectivity index (χ4v) is 1.34. The molecule has 2 rings (SSSR count). The lowest BCUT2D eigenvalue weighted by molar-refractivity contribution is 0.0352. The van der Waals surface area contributed by atoms with Crippen LogP contribution >= 0.6 is 0 Å². The van der Waals surface area contributed by atoms with E-state index >= 15 is 0 Å². The molecule has 6 heteroatoms. The van der Waals surface area contributed by atoms with Crippen molar-refractivity contribution in [2.45, 2.75) is 33.0 Å². The minimum absolute atomic E-state index is 0.156. The first-order valence-electron chi connectivity index (χ1n) is 6.03. The maximum absolute atomic E-state index is 8.69. The zero-order valence-corrected chi connectivity index (χ0v) is 10.8. The monoisotopic (exact) mass is 258 g/mol. The van der Waals surface area contributed by atoms with Crippen LogP contribution in [0.1, 0.15) is 31.7 Å². The van der Waals surface area contributed by atoms with Gasteiger partial charge in [0.15, 0.2) is 0 Å². The number of hydrogen-bond donors (Lipinski definition) is 0. The molecule has 0 aromatic carbocycles. The van der Waals surface area contributed by atoms with Gasteiger partial charge in [0, 0.05) is 6.20 Å². The molecule has 0 aliphatic rings. The highest BCUT2D eigenvalue weighted by atomic mass is 16.5. The molecule has 0 saturated heterocycles. The molecule has 0 aliphatic carbocycles. The third kappa shape index (κ3) is 3.36. The molecule has 0 amide bonds. The van der Waals surface area contributed by atoms with E-state index in [1.54, 1.807) is 12.1 Å². The van der Waals surface area contributed by atoms with Crippen molar-refractivity contribution in [3.05, 3.63) is 29.8 Å². The van der Waals surface area contributed by atoms with Crippen LogP contribution in [-0.4, -0.2) is 21.2 Å². The zero-order chi connectivity index (χ0) is 13.7. The van der Waals surface area contributed by atoms with Gasteiger partial charge in [0.25, 0.3) is 5.89 Å². The summed E-state index contributed by atoms with van der Waals surface area (Å²) in [5.41, 5.74) is 1.06. The Hall–Kier alpha value is -2.26. The molecule has 0 N–H and O–H groups in total. The van der Waals surface area contributed by atoms with Crippen molar-refractivity contribution in [3.63, 3.8) is 0 Å². The number of nitrogens with zero attached hydrogens (tertiary/aromatic N) is 4. The summed E-state index contributed by atoms with van der Waals surface area (Å²) in [4.78, 5) is 8.29. The maximum Gasteiger partial charge on any atom is 0.253 e. The Balaban J connectivity index is 2.05. The average molecular weight is 258 g/mol. The predicted molar refractivity (Wildman–Crippen MR) is 66.8 cm³/mol. The van der Waals surface area contributed by atoms with Crippen LogP contribution in [0.3, 0.4) is 0 Å². The van der Waals surface area contributed by atoms with E-state index in [0.29, 0.717) is 23.0 Å². The van der Waals surface area contributed by atoms with Crippen molar-refractivity contribution in [1.82, 2.24) is 15.1 Å². The maximum atomic E-state index is 8.69. The molecule has 0 saturated carbocycles. The summed E-state index contributed by atoms with van der Waals surface area (Å²) in [6, 6.07) is 5.35. The lowest BCUT2D eigenvalue weighted by Crippen LogP contribution is -2.06. The third-order valence-corrected chi connectivity index (χ3v) is 2.66. The lowest BCUT2D eigenvalue weighted by atomic mass is 10.2. The fraction of sp³-hybridized carbons (Fsp3) is 0.385. The Morgan fingerprint density at radius 1 is 1.47 bits per heavy atom. The van der Waals surface area contributed by atoms with Crippen LogP contribution in [0.5, 0.6) is 0 Å². The van der Waals surface area contributed by atoms with E-state index in [0.717, 1.165) is 6.42 Å². The van der Waals surface area contributed by atoms with Gasteiger partial charge in [0.1, 0.15) is 18.4 Å². The van der Waals surface area contributed by atoms with Gasteiger partial charge in [-0.1, -0.05) is 12.1 Å². The summed E-state index contributed by atoms with van der Waals surface area (Å²) >= 11 is 0. The molecular formula is C13H14N4O2. The van der Waals surface area contributed by atoms with E-state index in [1.807, 2.05) is 19.9 Å². The second-order valence-corrected chi connectivity index (χ2v) is 4.09. The molecule has 0 aliphatic heterocycles. The summed E-state index contributed by atoms with van der Waals surface area (Å²) in [7, 11) is 0. The van der Waals surface area contributed by atoms with Crippen LogP contribution in [0.25, 0.3) is 11.5 Å². The molecule has 2 heterocycles. The Bertz CT molecular complexity index is 571. The molecule has 0 bridgehead atoms. The first-order chi connectivity index (χ1) is 9.22. The first-order valence-corrected chi connectivity index (χ1v) is 6.03. The smallest absolute Gasteiger partial charge is 0.253 e. The van der Waals surface area contributed by atoms with E-state index in [4.69, 9.17) is 14.5 Å². The van der Waals surface area contributed by atoms with E-state index in [1.165, 1.54) is 6.20 Å². The summed E-state index contributed by atoms with van der Waals surface area (Å²) < 4.78 is 10.6. The van der Waals surface area contributed by atoms with Crippen molar-refractivity contribution in [2.75, 3.05) is 0 Å². The number of ether oxygens (including phenoxy) is 1. The van der Waals surface area contributed by atoms with Gasteiger partial charge in [-0.05, 0) is 25.5 Å². The third-order valence-electron chi connectivity index (χ3n) is 2.66. The van der Waals surface area contributed by atoms with Gasteiger partial charge in [-0.15, -0.1) is 0 Å². The minimum Gasteiger partial charge on any atom is -0.369 e. The van der Waals surface area contributed by atoms with Crippen LogP contribution in [0.15, 0.2) is 22.9 Å². The SMILES string of the molecule is CC[C@@H](C)OCc1nc(-c2ccc(C#N)cn2)no1. The number of pyridine rings is 1. The van der Waals surface area contributed by atoms with Gasteiger partial charge in [0.2, 0.25) is 5.82 Å². The summed E-state index contributed by atoms with van der Waals surface area (Å²) in [6.07, 6.45) is 2.56. The molecule has 2 aromatic rings. The standard InChI is InChI=1S/C13H14N4O2/c1-3-9(2)18-8-12-16-13(17-19-12)11-5-4-10(6-14)7-15-11/h4-5,7,9H,3,8H2,1-2H3/t9-/m1/s1. The van der Waals surface area contributed by atoms with Crippen LogP contribution in [0.4, 0.5) is 0 Å². The van der Waals surface area contributed by atoms with E-state index in [2.05, 4.69) is 15.1 Å². The second-order valence-electron chi connectivity index (χ2n) is 4.09. The number of nitriles is 1. The molecule has 1 atom stereocenters. The van der Waals surface area contributed by atoms with Gasteiger partial charge < -0.3 is 9.26 Å². The van der Waals surface area contributed by atoms with Crippen molar-refractivity contribution in [3.8, 4) is 17.6 Å². The van der Waals surface area contributed by atoms with E-state index < -0.39 is 0 Å². The molecule has 2 aromatic heterocycles.